The van der Waals surface area contributed by atoms with Gasteiger partial charge in [0.15, 0.2) is 0 Å². The van der Waals surface area contributed by atoms with Crippen molar-refractivity contribution in [1.29, 1.82) is 0 Å². The number of hydrogen-bond acceptors (Lipinski definition) is 3. The van der Waals surface area contributed by atoms with Gasteiger partial charge in [-0.15, -0.1) is 0 Å². The molecule has 0 saturated carbocycles. The average Bonchev–Trinajstić information content (AvgIpc) is 2.43. The lowest BCUT2D eigenvalue weighted by atomic mass is 9.96. The smallest absolute Gasteiger partial charge is 0.220 e. The SMILES string of the molecule is COC1/C=C\CCCCC(=O)NC/C(C)=C/[C@@H](C)[C@@H]1O. The van der Waals surface area contributed by atoms with Crippen molar-refractivity contribution in [1.82, 2.24) is 5.32 Å². The summed E-state index contributed by atoms with van der Waals surface area (Å²) < 4.78 is 5.35. The van der Waals surface area contributed by atoms with Crippen LogP contribution in [-0.4, -0.2) is 36.9 Å². The average molecular weight is 281 g/mol. The molecule has 114 valence electrons. The van der Waals surface area contributed by atoms with Crippen molar-refractivity contribution in [2.45, 2.75) is 51.7 Å². The minimum atomic E-state index is -0.579. The van der Waals surface area contributed by atoms with E-state index in [1.165, 1.54) is 0 Å². The fraction of sp³-hybridized carbons (Fsp3) is 0.688. The summed E-state index contributed by atoms with van der Waals surface area (Å²) >= 11 is 0. The van der Waals surface area contributed by atoms with Gasteiger partial charge in [-0.25, -0.2) is 0 Å². The van der Waals surface area contributed by atoms with Gasteiger partial charge < -0.3 is 15.2 Å². The van der Waals surface area contributed by atoms with Crippen LogP contribution in [0.15, 0.2) is 23.8 Å². The van der Waals surface area contributed by atoms with E-state index in [9.17, 15) is 9.90 Å². The Labute approximate surface area is 121 Å². The van der Waals surface area contributed by atoms with Gasteiger partial charge in [0, 0.05) is 26.0 Å². The van der Waals surface area contributed by atoms with E-state index in [-0.39, 0.29) is 17.9 Å². The number of allylic oxidation sites excluding steroid dienone is 1. The topological polar surface area (TPSA) is 58.6 Å². The maximum Gasteiger partial charge on any atom is 0.220 e. The van der Waals surface area contributed by atoms with E-state index in [2.05, 4.69) is 5.32 Å². The molecular formula is C16H27NO3. The molecule has 0 bridgehead atoms. The number of carbonyl (C=O) groups excluding carboxylic acids is 1. The third-order valence-corrected chi connectivity index (χ3v) is 3.61. The number of hydrogen-bond donors (Lipinski definition) is 2. The number of carbonyl (C=O) groups is 1. The van der Waals surface area contributed by atoms with Crippen molar-refractivity contribution < 1.29 is 14.6 Å². The van der Waals surface area contributed by atoms with E-state index in [4.69, 9.17) is 4.74 Å². The molecule has 1 amide bonds. The van der Waals surface area contributed by atoms with Crippen LogP contribution in [0.25, 0.3) is 0 Å². The van der Waals surface area contributed by atoms with Crippen LogP contribution in [0.3, 0.4) is 0 Å². The van der Waals surface area contributed by atoms with Gasteiger partial charge in [0.2, 0.25) is 5.91 Å². The molecule has 20 heavy (non-hydrogen) atoms. The third-order valence-electron chi connectivity index (χ3n) is 3.61. The molecule has 0 saturated heterocycles. The van der Waals surface area contributed by atoms with Crippen molar-refractivity contribution in [3.05, 3.63) is 23.8 Å². The number of amides is 1. The second-order valence-electron chi connectivity index (χ2n) is 5.51. The number of ether oxygens (including phenoxy) is 1. The van der Waals surface area contributed by atoms with Gasteiger partial charge in [0.05, 0.1) is 6.10 Å². The van der Waals surface area contributed by atoms with Crippen molar-refractivity contribution in [3.63, 3.8) is 0 Å². The van der Waals surface area contributed by atoms with Crippen molar-refractivity contribution in [3.8, 4) is 0 Å². The Morgan fingerprint density at radius 1 is 1.40 bits per heavy atom. The number of methoxy groups -OCH3 is 1. The number of aliphatic hydroxyl groups is 1. The standard InChI is InChI=1S/C16H27NO3/c1-12-10-13(2)16(19)14(20-3)8-6-4-5-7-9-15(18)17-11-12/h6,8,10,13-14,16,19H,4-5,7,9,11H2,1-3H3,(H,17,18)/b8-6-,12-10+/t13-,14?,16+/m1/s1. The monoisotopic (exact) mass is 281 g/mol. The quantitative estimate of drug-likeness (QED) is 0.724. The van der Waals surface area contributed by atoms with E-state index in [1.807, 2.05) is 32.1 Å². The van der Waals surface area contributed by atoms with Gasteiger partial charge in [-0.2, -0.15) is 0 Å². The molecule has 1 rings (SSSR count). The second-order valence-corrected chi connectivity index (χ2v) is 5.51. The minimum absolute atomic E-state index is 0.0237. The van der Waals surface area contributed by atoms with Crippen LogP contribution in [0.2, 0.25) is 0 Å². The number of rotatable bonds is 1. The first-order valence-corrected chi connectivity index (χ1v) is 7.36. The molecule has 0 spiro atoms. The summed E-state index contributed by atoms with van der Waals surface area (Å²) in [7, 11) is 1.62. The van der Waals surface area contributed by atoms with Gasteiger partial charge in [-0.1, -0.05) is 30.7 Å². The summed E-state index contributed by atoms with van der Waals surface area (Å²) in [4.78, 5) is 11.6. The van der Waals surface area contributed by atoms with Crippen molar-refractivity contribution in [2.75, 3.05) is 13.7 Å². The maximum atomic E-state index is 11.6. The van der Waals surface area contributed by atoms with Gasteiger partial charge in [-0.3, -0.25) is 4.79 Å². The first-order valence-electron chi connectivity index (χ1n) is 7.36. The normalized spacial score (nSPS) is 34.5. The van der Waals surface area contributed by atoms with Gasteiger partial charge in [-0.05, 0) is 26.2 Å². The Morgan fingerprint density at radius 2 is 2.15 bits per heavy atom. The lowest BCUT2D eigenvalue weighted by molar-refractivity contribution is -0.121. The lowest BCUT2D eigenvalue weighted by Crippen LogP contribution is -2.32. The Hall–Kier alpha value is -1.13. The first kappa shape index (κ1) is 16.9. The zero-order valence-electron chi connectivity index (χ0n) is 12.8. The van der Waals surface area contributed by atoms with Gasteiger partial charge in [0.25, 0.3) is 0 Å². The fourth-order valence-electron chi connectivity index (χ4n) is 2.34. The van der Waals surface area contributed by atoms with Crippen LogP contribution in [0.1, 0.15) is 39.5 Å². The van der Waals surface area contributed by atoms with Crippen molar-refractivity contribution in [2.24, 2.45) is 5.92 Å². The highest BCUT2D eigenvalue weighted by Crippen LogP contribution is 2.15. The Morgan fingerprint density at radius 3 is 2.85 bits per heavy atom. The molecule has 1 heterocycles. The Bertz CT molecular complexity index is 363. The zero-order valence-corrected chi connectivity index (χ0v) is 12.8. The highest BCUT2D eigenvalue weighted by Gasteiger charge is 2.21. The highest BCUT2D eigenvalue weighted by molar-refractivity contribution is 5.76. The highest BCUT2D eigenvalue weighted by atomic mass is 16.5. The van der Waals surface area contributed by atoms with Crippen LogP contribution < -0.4 is 5.32 Å². The van der Waals surface area contributed by atoms with Gasteiger partial charge in [0.1, 0.15) is 6.10 Å². The summed E-state index contributed by atoms with van der Waals surface area (Å²) in [6.45, 7) is 4.47. The Balaban J connectivity index is 2.78. The molecule has 4 heteroatoms. The molecule has 4 nitrogen and oxygen atoms in total. The molecule has 2 N–H and O–H groups in total. The molecule has 0 radical (unpaired) electrons. The first-order chi connectivity index (χ1) is 9.54. The van der Waals surface area contributed by atoms with E-state index in [0.717, 1.165) is 24.8 Å². The molecular weight excluding hydrogens is 254 g/mol. The van der Waals surface area contributed by atoms with Gasteiger partial charge >= 0.3 is 0 Å². The molecule has 1 unspecified atom stereocenters. The Kier molecular flexibility index (Phi) is 7.55. The molecule has 0 fully saturated rings. The van der Waals surface area contributed by atoms with Crippen LogP contribution in [0, 0.1) is 5.92 Å². The minimum Gasteiger partial charge on any atom is -0.389 e. The number of aliphatic hydroxyl groups excluding tert-OH is 1. The summed E-state index contributed by atoms with van der Waals surface area (Å²) in [5.41, 5.74) is 1.06. The predicted octanol–water partition coefficient (Wildman–Crippen LogP) is 2.19. The predicted molar refractivity (Wildman–Crippen MR) is 80.3 cm³/mol. The van der Waals surface area contributed by atoms with E-state index in [1.54, 1.807) is 7.11 Å². The molecule has 0 aromatic rings. The molecule has 3 atom stereocenters. The third kappa shape index (κ3) is 5.88. The van der Waals surface area contributed by atoms with Crippen LogP contribution in [0.5, 0.6) is 0 Å². The van der Waals surface area contributed by atoms with Crippen LogP contribution >= 0.6 is 0 Å². The molecule has 1 aliphatic heterocycles. The summed E-state index contributed by atoms with van der Waals surface area (Å²) in [6.07, 6.45) is 8.43. The summed E-state index contributed by atoms with van der Waals surface area (Å²) in [5, 5.41) is 13.2. The summed E-state index contributed by atoms with van der Waals surface area (Å²) in [6, 6.07) is 0. The number of nitrogens with one attached hydrogen (secondary N) is 1. The van der Waals surface area contributed by atoms with E-state index in [0.29, 0.717) is 13.0 Å². The molecule has 0 aromatic carbocycles. The largest absolute Gasteiger partial charge is 0.389 e. The second kappa shape index (κ2) is 8.93. The van der Waals surface area contributed by atoms with Crippen LogP contribution in [0.4, 0.5) is 0 Å². The van der Waals surface area contributed by atoms with Crippen LogP contribution in [-0.2, 0) is 9.53 Å². The lowest BCUT2D eigenvalue weighted by Gasteiger charge is -2.23. The molecule has 1 aliphatic rings. The molecule has 0 aliphatic carbocycles. The summed E-state index contributed by atoms with van der Waals surface area (Å²) in [5.74, 6) is 0.0752. The van der Waals surface area contributed by atoms with E-state index < -0.39 is 6.10 Å². The maximum absolute atomic E-state index is 11.6. The molecule has 0 aromatic heterocycles. The zero-order chi connectivity index (χ0) is 15.0. The van der Waals surface area contributed by atoms with E-state index >= 15 is 0 Å². The van der Waals surface area contributed by atoms with Crippen molar-refractivity contribution >= 4 is 5.91 Å². The fourth-order valence-corrected chi connectivity index (χ4v) is 2.34.